The first-order chi connectivity index (χ1) is 9.80. The minimum atomic E-state index is -0.369. The second kappa shape index (κ2) is 4.53. The fourth-order valence-electron chi connectivity index (χ4n) is 5.43. The average molecular weight is 292 g/mol. The highest BCUT2D eigenvalue weighted by Crippen LogP contribution is 2.73. The Morgan fingerprint density at radius 2 is 1.90 bits per heavy atom. The third-order valence-corrected chi connectivity index (χ3v) is 7.57. The molecule has 3 fully saturated rings. The average Bonchev–Trinajstić information content (AvgIpc) is 2.76. The molecule has 3 aliphatic rings. The van der Waals surface area contributed by atoms with E-state index < -0.39 is 0 Å². The molecular formula is C17H28N2O2. The van der Waals surface area contributed by atoms with E-state index in [9.17, 15) is 9.70 Å². The van der Waals surface area contributed by atoms with Crippen molar-refractivity contribution in [1.82, 2.24) is 4.90 Å². The van der Waals surface area contributed by atoms with E-state index in [1.807, 2.05) is 0 Å². The number of hydrogen-bond donors (Lipinski definition) is 0. The van der Waals surface area contributed by atoms with E-state index >= 15 is 0 Å². The van der Waals surface area contributed by atoms with Crippen LogP contribution in [0, 0.1) is 21.2 Å². The van der Waals surface area contributed by atoms with Gasteiger partial charge in [-0.3, -0.25) is 4.79 Å². The summed E-state index contributed by atoms with van der Waals surface area (Å²) >= 11 is 0. The number of rotatable bonds is 2. The molecule has 4 nitrogen and oxygen atoms in total. The van der Waals surface area contributed by atoms with Crippen LogP contribution in [0.2, 0.25) is 0 Å². The molecule has 21 heavy (non-hydrogen) atoms. The number of fused-ring (bicyclic) bond motifs is 2. The summed E-state index contributed by atoms with van der Waals surface area (Å²) in [6, 6.07) is 0.136. The Bertz CT molecular complexity index is 475. The zero-order chi connectivity index (χ0) is 15.5. The van der Waals surface area contributed by atoms with Crippen LogP contribution in [-0.4, -0.2) is 29.4 Å². The third kappa shape index (κ3) is 1.65. The lowest BCUT2D eigenvalue weighted by Gasteiger charge is -2.45. The van der Waals surface area contributed by atoms with Crippen molar-refractivity contribution in [3.05, 3.63) is 4.91 Å². The molecule has 0 spiro atoms. The maximum atomic E-state index is 13.4. The van der Waals surface area contributed by atoms with Gasteiger partial charge >= 0.3 is 0 Å². The van der Waals surface area contributed by atoms with Crippen LogP contribution < -0.4 is 0 Å². The topological polar surface area (TPSA) is 49.7 Å². The summed E-state index contributed by atoms with van der Waals surface area (Å²) in [5, 5.41) is 3.41. The smallest absolute Gasteiger partial charge is 0.229 e. The maximum Gasteiger partial charge on any atom is 0.229 e. The lowest BCUT2D eigenvalue weighted by Crippen LogP contribution is -2.52. The molecule has 2 bridgehead atoms. The highest BCUT2D eigenvalue weighted by Gasteiger charge is 2.73. The lowest BCUT2D eigenvalue weighted by molar-refractivity contribution is -0.151. The molecule has 0 aromatic carbocycles. The van der Waals surface area contributed by atoms with Crippen LogP contribution in [0.4, 0.5) is 0 Å². The molecule has 118 valence electrons. The quantitative estimate of drug-likeness (QED) is 0.728. The Balaban J connectivity index is 1.97. The molecule has 1 amide bonds. The van der Waals surface area contributed by atoms with E-state index in [2.05, 4.69) is 37.8 Å². The molecule has 0 aromatic heterocycles. The summed E-state index contributed by atoms with van der Waals surface area (Å²) in [4.78, 5) is 26.8. The number of nitroso groups, excluding NO2 is 1. The van der Waals surface area contributed by atoms with Crippen molar-refractivity contribution in [2.45, 2.75) is 78.3 Å². The summed E-state index contributed by atoms with van der Waals surface area (Å²) in [7, 11) is 0. The van der Waals surface area contributed by atoms with Crippen molar-refractivity contribution in [1.29, 1.82) is 0 Å². The molecule has 0 radical (unpaired) electrons. The first kappa shape index (κ1) is 15.0. The van der Waals surface area contributed by atoms with Crippen LogP contribution in [-0.2, 0) is 4.79 Å². The number of carbonyl (C=O) groups is 1. The standard InChI is InChI=1S/C17H28N2O2/c1-12-7-5-6-10-19(12)14(20)17-9-8-16(4,15(17,2)3)13(11-17)18-21/h12-13H,5-11H2,1-4H3. The normalized spacial score (nSPS) is 44.9. The van der Waals surface area contributed by atoms with E-state index in [1.165, 1.54) is 6.42 Å². The summed E-state index contributed by atoms with van der Waals surface area (Å²) in [6.45, 7) is 9.60. The Morgan fingerprint density at radius 1 is 1.19 bits per heavy atom. The highest BCUT2D eigenvalue weighted by molar-refractivity contribution is 5.85. The first-order valence-electron chi connectivity index (χ1n) is 8.44. The molecule has 2 saturated carbocycles. The van der Waals surface area contributed by atoms with Gasteiger partial charge in [0.1, 0.15) is 0 Å². The number of likely N-dealkylation sites (tertiary alicyclic amines) is 1. The second-order valence-corrected chi connectivity index (χ2v) is 8.29. The summed E-state index contributed by atoms with van der Waals surface area (Å²) in [5.41, 5.74) is -0.637. The fraction of sp³-hybridized carbons (Fsp3) is 0.941. The van der Waals surface area contributed by atoms with Crippen LogP contribution in [0.3, 0.4) is 0 Å². The Hall–Kier alpha value is -0.930. The van der Waals surface area contributed by atoms with Crippen LogP contribution in [0.5, 0.6) is 0 Å². The van der Waals surface area contributed by atoms with Gasteiger partial charge in [-0.15, -0.1) is 0 Å². The van der Waals surface area contributed by atoms with Crippen LogP contribution >= 0.6 is 0 Å². The number of carbonyl (C=O) groups excluding carboxylic acids is 1. The third-order valence-electron chi connectivity index (χ3n) is 7.57. The molecule has 1 aliphatic heterocycles. The van der Waals surface area contributed by atoms with Crippen LogP contribution in [0.15, 0.2) is 5.18 Å². The maximum absolute atomic E-state index is 13.4. The van der Waals surface area contributed by atoms with Gasteiger partial charge in [-0.05, 0) is 56.3 Å². The van der Waals surface area contributed by atoms with Gasteiger partial charge in [0, 0.05) is 12.6 Å². The fourth-order valence-corrected chi connectivity index (χ4v) is 5.43. The van der Waals surface area contributed by atoms with Crippen LogP contribution in [0.1, 0.15) is 66.2 Å². The Kier molecular flexibility index (Phi) is 3.23. The van der Waals surface area contributed by atoms with Gasteiger partial charge in [-0.25, -0.2) is 0 Å². The first-order valence-corrected chi connectivity index (χ1v) is 8.44. The van der Waals surface area contributed by atoms with Gasteiger partial charge in [0.05, 0.1) is 11.5 Å². The zero-order valence-electron chi connectivity index (χ0n) is 13.8. The van der Waals surface area contributed by atoms with Gasteiger partial charge in [-0.1, -0.05) is 25.9 Å². The van der Waals surface area contributed by atoms with Gasteiger partial charge in [0.25, 0.3) is 0 Å². The van der Waals surface area contributed by atoms with Crippen molar-refractivity contribution >= 4 is 5.91 Å². The molecule has 4 atom stereocenters. The minimum absolute atomic E-state index is 0.122. The second-order valence-electron chi connectivity index (χ2n) is 8.29. The summed E-state index contributed by atoms with van der Waals surface area (Å²) in [6.07, 6.45) is 5.96. The highest BCUT2D eigenvalue weighted by atomic mass is 16.3. The number of amides is 1. The molecule has 2 aliphatic carbocycles. The number of hydrogen-bond acceptors (Lipinski definition) is 3. The summed E-state index contributed by atoms with van der Waals surface area (Å²) < 4.78 is 0. The SMILES string of the molecule is CC1CCCCN1C(=O)C12CCC(C)(C(N=O)C1)C2(C)C. The molecule has 1 heterocycles. The minimum Gasteiger partial charge on any atom is -0.339 e. The van der Waals surface area contributed by atoms with Crippen molar-refractivity contribution < 1.29 is 4.79 Å². The molecule has 4 heteroatoms. The molecule has 3 rings (SSSR count). The summed E-state index contributed by atoms with van der Waals surface area (Å²) in [5.74, 6) is 0.301. The number of piperidine rings is 1. The Labute approximate surface area is 127 Å². The van der Waals surface area contributed by atoms with Gasteiger partial charge in [0.2, 0.25) is 5.91 Å². The Morgan fingerprint density at radius 3 is 2.48 bits per heavy atom. The largest absolute Gasteiger partial charge is 0.339 e. The molecule has 0 N–H and O–H groups in total. The van der Waals surface area contributed by atoms with Crippen molar-refractivity contribution in [3.8, 4) is 0 Å². The zero-order valence-corrected chi connectivity index (χ0v) is 13.8. The van der Waals surface area contributed by atoms with E-state index in [4.69, 9.17) is 0 Å². The van der Waals surface area contributed by atoms with Gasteiger partial charge < -0.3 is 4.90 Å². The van der Waals surface area contributed by atoms with Crippen molar-refractivity contribution in [2.24, 2.45) is 21.4 Å². The molecule has 4 unspecified atom stereocenters. The molecular weight excluding hydrogens is 264 g/mol. The van der Waals surface area contributed by atoms with Crippen molar-refractivity contribution in [3.63, 3.8) is 0 Å². The van der Waals surface area contributed by atoms with E-state index in [0.29, 0.717) is 18.4 Å². The van der Waals surface area contributed by atoms with Gasteiger partial charge in [0.15, 0.2) is 0 Å². The van der Waals surface area contributed by atoms with Crippen LogP contribution in [0.25, 0.3) is 0 Å². The van der Waals surface area contributed by atoms with E-state index in [-0.39, 0.29) is 22.3 Å². The monoisotopic (exact) mass is 292 g/mol. The van der Waals surface area contributed by atoms with Crippen molar-refractivity contribution in [2.75, 3.05) is 6.54 Å². The predicted molar refractivity (Wildman–Crippen MR) is 82.8 cm³/mol. The predicted octanol–water partition coefficient (Wildman–Crippen LogP) is 3.74. The lowest BCUT2D eigenvalue weighted by atomic mass is 9.64. The van der Waals surface area contributed by atoms with Gasteiger partial charge in [-0.2, -0.15) is 4.91 Å². The van der Waals surface area contributed by atoms with E-state index in [0.717, 1.165) is 32.2 Å². The van der Waals surface area contributed by atoms with E-state index in [1.54, 1.807) is 0 Å². The number of nitrogens with zero attached hydrogens (tertiary/aromatic N) is 2. The molecule has 1 saturated heterocycles. The molecule has 0 aromatic rings.